The van der Waals surface area contributed by atoms with Gasteiger partial charge in [-0.25, -0.2) is 4.98 Å². The first kappa shape index (κ1) is 22.7. The molecule has 0 radical (unpaired) electrons. The molecule has 0 aliphatic rings. The van der Waals surface area contributed by atoms with Gasteiger partial charge in [-0.3, -0.25) is 9.69 Å². The number of halogens is 1. The molecule has 1 heterocycles. The zero-order valence-electron chi connectivity index (χ0n) is 16.6. The van der Waals surface area contributed by atoms with Crippen LogP contribution in [0.4, 0.5) is 5.13 Å². The van der Waals surface area contributed by atoms with Gasteiger partial charge in [0.05, 0.1) is 16.0 Å². The number of carbonyl (C=O) groups is 1. The maximum absolute atomic E-state index is 13.0. The van der Waals surface area contributed by atoms with Crippen LogP contribution >= 0.6 is 35.5 Å². The van der Waals surface area contributed by atoms with Gasteiger partial charge in [0.15, 0.2) is 5.13 Å². The first-order valence-corrected chi connectivity index (χ1v) is 10.7. The topological polar surface area (TPSA) is 36.4 Å². The predicted octanol–water partition coefficient (Wildman–Crippen LogP) is 5.02. The highest BCUT2D eigenvalue weighted by molar-refractivity contribution is 8.00. The van der Waals surface area contributed by atoms with Crippen LogP contribution in [0.1, 0.15) is 11.1 Å². The summed E-state index contributed by atoms with van der Waals surface area (Å²) in [7, 11) is 4.04. The minimum atomic E-state index is 0. The van der Waals surface area contributed by atoms with Gasteiger partial charge < -0.3 is 4.90 Å². The fourth-order valence-corrected chi connectivity index (χ4v) is 4.82. The Morgan fingerprint density at radius 2 is 1.82 bits per heavy atom. The molecule has 0 saturated carbocycles. The van der Waals surface area contributed by atoms with Crippen molar-refractivity contribution in [2.24, 2.45) is 0 Å². The fraction of sp³-hybridized carbons (Fsp3) is 0.333. The van der Waals surface area contributed by atoms with E-state index in [0.717, 1.165) is 32.4 Å². The maximum Gasteiger partial charge on any atom is 0.239 e. The largest absolute Gasteiger partial charge is 0.308 e. The minimum Gasteiger partial charge on any atom is -0.308 e. The normalized spacial score (nSPS) is 10.9. The van der Waals surface area contributed by atoms with Gasteiger partial charge in [-0.1, -0.05) is 35.6 Å². The molecule has 0 saturated heterocycles. The summed E-state index contributed by atoms with van der Waals surface area (Å²) in [6, 6.07) is 14.3. The minimum absolute atomic E-state index is 0. The van der Waals surface area contributed by atoms with E-state index in [0.29, 0.717) is 12.3 Å². The van der Waals surface area contributed by atoms with E-state index in [1.54, 1.807) is 23.1 Å². The zero-order valence-corrected chi connectivity index (χ0v) is 19.1. The Labute approximate surface area is 181 Å². The SMILES string of the molecule is Cc1cc(C)c2nc(N(CCN(C)C)C(=O)CSc3ccccc3)sc2c1.Cl. The summed E-state index contributed by atoms with van der Waals surface area (Å²) in [5, 5.41) is 0.791. The summed E-state index contributed by atoms with van der Waals surface area (Å²) < 4.78 is 1.14. The number of fused-ring (bicyclic) bond motifs is 1. The number of aryl methyl sites for hydroxylation is 2. The van der Waals surface area contributed by atoms with Crippen LogP contribution in [0.3, 0.4) is 0 Å². The Bertz CT molecular complexity index is 928. The van der Waals surface area contributed by atoms with Crippen molar-refractivity contribution >= 4 is 56.8 Å². The van der Waals surface area contributed by atoms with E-state index >= 15 is 0 Å². The molecule has 0 bridgehead atoms. The van der Waals surface area contributed by atoms with Gasteiger partial charge in [0.25, 0.3) is 0 Å². The highest BCUT2D eigenvalue weighted by Crippen LogP contribution is 2.32. The van der Waals surface area contributed by atoms with Crippen molar-refractivity contribution in [2.45, 2.75) is 18.7 Å². The van der Waals surface area contributed by atoms with Crippen molar-refractivity contribution in [3.63, 3.8) is 0 Å². The van der Waals surface area contributed by atoms with E-state index in [9.17, 15) is 4.79 Å². The van der Waals surface area contributed by atoms with E-state index in [1.807, 2.05) is 49.3 Å². The number of thioether (sulfide) groups is 1. The third-order valence-corrected chi connectivity index (χ3v) is 6.25. The van der Waals surface area contributed by atoms with Crippen LogP contribution in [-0.2, 0) is 4.79 Å². The maximum atomic E-state index is 13.0. The molecule has 0 unspecified atom stereocenters. The molecule has 3 rings (SSSR count). The lowest BCUT2D eigenvalue weighted by Gasteiger charge is -2.21. The van der Waals surface area contributed by atoms with Gasteiger partial charge in [-0.05, 0) is 57.3 Å². The molecule has 2 aromatic carbocycles. The monoisotopic (exact) mass is 435 g/mol. The first-order valence-electron chi connectivity index (χ1n) is 8.95. The van der Waals surface area contributed by atoms with Crippen LogP contribution in [0, 0.1) is 13.8 Å². The first-order chi connectivity index (χ1) is 12.9. The third kappa shape index (κ3) is 5.70. The molecule has 0 fully saturated rings. The predicted molar refractivity (Wildman–Crippen MR) is 124 cm³/mol. The second kappa shape index (κ2) is 10.3. The lowest BCUT2D eigenvalue weighted by molar-refractivity contribution is -0.116. The Hall–Kier alpha value is -1.60. The molecule has 0 N–H and O–H groups in total. The lowest BCUT2D eigenvalue weighted by Crippen LogP contribution is -2.37. The van der Waals surface area contributed by atoms with E-state index in [2.05, 4.69) is 30.9 Å². The Kier molecular flexibility index (Phi) is 8.31. The number of benzene rings is 2. The molecule has 0 aliphatic heterocycles. The van der Waals surface area contributed by atoms with Gasteiger partial charge in [0, 0.05) is 18.0 Å². The number of hydrogen-bond donors (Lipinski definition) is 0. The summed E-state index contributed by atoms with van der Waals surface area (Å²) in [5.74, 6) is 0.505. The lowest BCUT2D eigenvalue weighted by atomic mass is 10.1. The molecule has 7 heteroatoms. The number of anilines is 1. The van der Waals surface area contributed by atoms with Crippen LogP contribution < -0.4 is 4.90 Å². The van der Waals surface area contributed by atoms with Crippen molar-refractivity contribution in [3.8, 4) is 0 Å². The number of hydrogen-bond acceptors (Lipinski definition) is 5. The number of likely N-dealkylation sites (N-methyl/N-ethyl adjacent to an activating group) is 1. The molecule has 150 valence electrons. The van der Waals surface area contributed by atoms with Crippen LogP contribution in [0.2, 0.25) is 0 Å². The Morgan fingerprint density at radius 1 is 1.11 bits per heavy atom. The second-order valence-corrected chi connectivity index (χ2v) is 8.93. The summed E-state index contributed by atoms with van der Waals surface area (Å²) in [4.78, 5) is 22.9. The number of amides is 1. The number of nitrogens with zero attached hydrogens (tertiary/aromatic N) is 3. The zero-order chi connectivity index (χ0) is 19.4. The second-order valence-electron chi connectivity index (χ2n) is 6.88. The number of aromatic nitrogens is 1. The molecule has 0 aliphatic carbocycles. The Morgan fingerprint density at radius 3 is 2.50 bits per heavy atom. The van der Waals surface area contributed by atoms with E-state index in [1.165, 1.54) is 5.56 Å². The number of carbonyl (C=O) groups excluding carboxylic acids is 1. The molecule has 0 spiro atoms. The quantitative estimate of drug-likeness (QED) is 0.488. The molecule has 0 atom stereocenters. The summed E-state index contributed by atoms with van der Waals surface area (Å²) in [6.45, 7) is 5.61. The molecule has 1 amide bonds. The summed E-state index contributed by atoms with van der Waals surface area (Å²) >= 11 is 3.17. The number of rotatable bonds is 7. The summed E-state index contributed by atoms with van der Waals surface area (Å²) in [5.41, 5.74) is 3.38. The molecule has 3 aromatic rings. The molecule has 4 nitrogen and oxygen atoms in total. The highest BCUT2D eigenvalue weighted by atomic mass is 35.5. The van der Waals surface area contributed by atoms with E-state index in [-0.39, 0.29) is 18.3 Å². The highest BCUT2D eigenvalue weighted by Gasteiger charge is 2.20. The van der Waals surface area contributed by atoms with Crippen molar-refractivity contribution < 1.29 is 4.79 Å². The van der Waals surface area contributed by atoms with Gasteiger partial charge >= 0.3 is 0 Å². The van der Waals surface area contributed by atoms with Crippen LogP contribution in [0.5, 0.6) is 0 Å². The smallest absolute Gasteiger partial charge is 0.239 e. The Balaban J connectivity index is 0.00000280. The van der Waals surface area contributed by atoms with Gasteiger partial charge in [0.1, 0.15) is 0 Å². The fourth-order valence-electron chi connectivity index (χ4n) is 2.84. The van der Waals surface area contributed by atoms with Crippen molar-refractivity contribution in [3.05, 3.63) is 53.6 Å². The number of thiazole rings is 1. The molecular weight excluding hydrogens is 410 g/mol. The van der Waals surface area contributed by atoms with E-state index < -0.39 is 0 Å². The average Bonchev–Trinajstić information content (AvgIpc) is 3.04. The molecule has 28 heavy (non-hydrogen) atoms. The summed E-state index contributed by atoms with van der Waals surface area (Å²) in [6.07, 6.45) is 0. The van der Waals surface area contributed by atoms with Crippen LogP contribution in [0.25, 0.3) is 10.2 Å². The van der Waals surface area contributed by atoms with Crippen molar-refractivity contribution in [2.75, 3.05) is 37.8 Å². The van der Waals surface area contributed by atoms with Crippen molar-refractivity contribution in [1.82, 2.24) is 9.88 Å². The van der Waals surface area contributed by atoms with E-state index in [4.69, 9.17) is 4.98 Å². The van der Waals surface area contributed by atoms with Crippen LogP contribution in [0.15, 0.2) is 47.4 Å². The van der Waals surface area contributed by atoms with Gasteiger partial charge in [-0.15, -0.1) is 24.2 Å². The van der Waals surface area contributed by atoms with Gasteiger partial charge in [0.2, 0.25) is 5.91 Å². The standard InChI is InChI=1S/C21H25N3OS2.ClH/c1-15-12-16(2)20-18(13-15)27-21(22-20)24(11-10-23(3)4)19(25)14-26-17-8-6-5-7-9-17;/h5-9,12-13H,10-11,14H2,1-4H3;1H. The molecule has 1 aromatic heterocycles. The van der Waals surface area contributed by atoms with Crippen LogP contribution in [-0.4, -0.2) is 48.7 Å². The third-order valence-electron chi connectivity index (χ3n) is 4.23. The molecular formula is C21H26ClN3OS2. The van der Waals surface area contributed by atoms with Crippen molar-refractivity contribution in [1.29, 1.82) is 0 Å². The average molecular weight is 436 g/mol. The van der Waals surface area contributed by atoms with Gasteiger partial charge in [-0.2, -0.15) is 0 Å².